The normalized spacial score (nSPS) is 11.7. The van der Waals surface area contributed by atoms with Crippen molar-refractivity contribution in [3.05, 3.63) is 166 Å². The number of H-pyrrole nitrogens is 2. The van der Waals surface area contributed by atoms with E-state index < -0.39 is 0 Å². The van der Waals surface area contributed by atoms with E-state index >= 15 is 0 Å². The van der Waals surface area contributed by atoms with Crippen LogP contribution in [0.3, 0.4) is 0 Å². The van der Waals surface area contributed by atoms with Gasteiger partial charge in [-0.2, -0.15) is 0 Å². The molecule has 0 atom stereocenters. The van der Waals surface area contributed by atoms with Crippen LogP contribution in [0.4, 0.5) is 0 Å². The maximum absolute atomic E-state index is 13.7. The summed E-state index contributed by atoms with van der Waals surface area (Å²) in [6.45, 7) is 12.5. The lowest BCUT2D eigenvalue weighted by atomic mass is 10.0. The van der Waals surface area contributed by atoms with Gasteiger partial charge < -0.3 is 111 Å². The highest BCUT2D eigenvalue weighted by Gasteiger charge is 2.21. The third-order valence-corrected chi connectivity index (χ3v) is 16.6. The molecule has 0 spiro atoms. The van der Waals surface area contributed by atoms with Crippen LogP contribution >= 0.6 is 0 Å². The minimum Gasteiger partial charge on any atom is -0.378 e. The van der Waals surface area contributed by atoms with E-state index in [2.05, 4.69) is 31.2 Å². The SMILES string of the molecule is NCCOCCOCCOCCNC(=O)c1ccc(-c2c3nc(c(-c4ccc(C(=O)NCCOCCOCCOCCN)cc4)c4ccc([nH]4)c(-c4ccc(C(=O)NCCOCCOCCOCCN)cc4)c4nc(c(-c5ccc(C(=O)NCCOCCOCCOCCN)cc5)c5ccc2[nH]5)C=C4)C=C3)cc1. The summed E-state index contributed by atoms with van der Waals surface area (Å²) in [5.41, 5.74) is 34.9. The molecule has 4 amide bonds. The summed E-state index contributed by atoms with van der Waals surface area (Å²) in [6, 6.07) is 37.4. The highest BCUT2D eigenvalue weighted by molar-refractivity contribution is 6.03. The molecule has 0 radical (unpaired) electrons. The van der Waals surface area contributed by atoms with Crippen molar-refractivity contribution >= 4 is 70.0 Å². The Hall–Kier alpha value is -9.28. The van der Waals surface area contributed by atoms with Crippen LogP contribution in [0.5, 0.6) is 0 Å². The smallest absolute Gasteiger partial charge is 0.251 e. The van der Waals surface area contributed by atoms with Gasteiger partial charge in [0.05, 0.1) is 181 Å². The number of amides is 4. The molecule has 9 rings (SSSR count). The maximum Gasteiger partial charge on any atom is 0.251 e. The summed E-state index contributed by atoms with van der Waals surface area (Å²) in [4.78, 5) is 73.1. The molecule has 0 unspecified atom stereocenters. The topological polar surface area (TPSA) is 389 Å². The second-order valence-electron chi connectivity index (χ2n) is 24.3. The van der Waals surface area contributed by atoms with Gasteiger partial charge in [0.15, 0.2) is 0 Å². The number of hydrogen-bond acceptors (Lipinski definition) is 22. The van der Waals surface area contributed by atoms with E-state index in [1.165, 1.54) is 0 Å². The molecule has 28 nitrogen and oxygen atoms in total. The van der Waals surface area contributed by atoms with Crippen LogP contribution in [0, 0.1) is 0 Å². The van der Waals surface area contributed by atoms with Gasteiger partial charge in [-0.25, -0.2) is 9.97 Å². The minimum atomic E-state index is -0.271. The molecule has 14 N–H and O–H groups in total. The Balaban J connectivity index is 1.06. The Kier molecular flexibility index (Phi) is 36.4. The van der Waals surface area contributed by atoms with Crippen molar-refractivity contribution in [2.45, 2.75) is 0 Å². The van der Waals surface area contributed by atoms with E-state index in [1.807, 2.05) is 97.1 Å². The lowest BCUT2D eigenvalue weighted by molar-refractivity contribution is 0.0166. The minimum absolute atomic E-state index is 0.271. The molecular weight excluding hydrogens is 1380 g/mol. The lowest BCUT2D eigenvalue weighted by Gasteiger charge is -2.10. The number of carbonyl (C=O) groups excluding carboxylic acids is 4. The number of fused-ring (bicyclic) bond motifs is 8. The molecule has 0 fully saturated rings. The molecule has 578 valence electrons. The van der Waals surface area contributed by atoms with E-state index in [-0.39, 0.29) is 49.8 Å². The van der Waals surface area contributed by atoms with E-state index in [0.29, 0.717) is 252 Å². The Morgan fingerprint density at radius 3 is 0.611 bits per heavy atom. The predicted octanol–water partition coefficient (Wildman–Crippen LogP) is 6.28. The first-order chi connectivity index (χ1) is 53.2. The Labute approximate surface area is 629 Å². The molecule has 3 aromatic heterocycles. The number of nitrogens with zero attached hydrogens (tertiary/aromatic N) is 2. The van der Waals surface area contributed by atoms with Crippen LogP contribution in [-0.4, -0.2) is 254 Å². The van der Waals surface area contributed by atoms with Crippen LogP contribution in [0.2, 0.25) is 0 Å². The van der Waals surface area contributed by atoms with Gasteiger partial charge >= 0.3 is 0 Å². The van der Waals surface area contributed by atoms with Gasteiger partial charge in [-0.3, -0.25) is 19.2 Å². The monoisotopic (exact) mass is 1490 g/mol. The van der Waals surface area contributed by atoms with Crippen molar-refractivity contribution < 1.29 is 76.0 Å². The maximum atomic E-state index is 13.7. The van der Waals surface area contributed by atoms with E-state index in [9.17, 15) is 19.2 Å². The quantitative estimate of drug-likeness (QED) is 0.0188. The fraction of sp³-hybridized carbons (Fsp3) is 0.400. The van der Waals surface area contributed by atoms with Crippen LogP contribution < -0.4 is 44.2 Å². The molecule has 0 saturated carbocycles. The first-order valence-corrected chi connectivity index (χ1v) is 36.6. The third-order valence-electron chi connectivity index (χ3n) is 16.6. The zero-order valence-electron chi connectivity index (χ0n) is 61.2. The summed E-state index contributed by atoms with van der Waals surface area (Å²) in [7, 11) is 0. The van der Waals surface area contributed by atoms with Gasteiger partial charge in [0.2, 0.25) is 0 Å². The number of carbonyl (C=O) groups is 4. The summed E-state index contributed by atoms with van der Waals surface area (Å²) >= 11 is 0. The van der Waals surface area contributed by atoms with Crippen molar-refractivity contribution in [2.75, 3.05) is 211 Å². The summed E-state index contributed by atoms with van der Waals surface area (Å²) in [6.07, 6.45) is 7.86. The Morgan fingerprint density at radius 1 is 0.250 bits per heavy atom. The molecule has 4 aromatic carbocycles. The molecular formula is C80H102N12O16. The van der Waals surface area contributed by atoms with E-state index in [0.717, 1.165) is 44.5 Å². The number of ether oxygens (including phenoxy) is 12. The molecule has 28 heteroatoms. The number of nitrogens with one attached hydrogen (secondary N) is 6. The number of hydrogen-bond donors (Lipinski definition) is 10. The summed E-state index contributed by atoms with van der Waals surface area (Å²) in [5, 5.41) is 11.8. The van der Waals surface area contributed by atoms with Crippen molar-refractivity contribution in [3.63, 3.8) is 0 Å². The Morgan fingerprint density at radius 2 is 0.426 bits per heavy atom. The number of aromatic nitrogens is 4. The highest BCUT2D eigenvalue weighted by Crippen LogP contribution is 2.39. The van der Waals surface area contributed by atoms with Crippen LogP contribution in [0.25, 0.3) is 90.9 Å². The second kappa shape index (κ2) is 47.5. The lowest BCUT2D eigenvalue weighted by Crippen LogP contribution is -2.27. The van der Waals surface area contributed by atoms with Gasteiger partial charge in [-0.1, -0.05) is 48.5 Å². The van der Waals surface area contributed by atoms with Gasteiger partial charge in [0.25, 0.3) is 23.6 Å². The zero-order chi connectivity index (χ0) is 75.6. The number of benzene rings is 4. The number of nitrogens with two attached hydrogens (primary N) is 4. The van der Waals surface area contributed by atoms with Crippen LogP contribution in [-0.2, 0) is 56.8 Å². The molecule has 8 bridgehead atoms. The fourth-order valence-corrected chi connectivity index (χ4v) is 11.4. The first kappa shape index (κ1) is 82.8. The third kappa shape index (κ3) is 26.5. The van der Waals surface area contributed by atoms with Crippen LogP contribution in [0.15, 0.2) is 121 Å². The Bertz CT molecular complexity index is 3620. The molecule has 0 saturated heterocycles. The standard InChI is InChI=1S/C80H102N12O16/c81-25-33-97-41-49-105-53-45-101-37-29-85-77(93)61-9-1-57(2-10-61)73-65-17-19-67(89-65)74(58-3-11-62(12-4-58)78(94)86-30-38-102-46-54-106-50-42-98-34-26-82)69-21-23-71(91-69)76(60-7-15-64(16-8-60)80(96)88-32-40-104-48-56-108-52-44-100-36-28-84)72-24-22-70(92-72)75(68-20-18-66(73)90-68)59-5-13-63(14-6-59)79(95)87-31-39-103-47-55-107-51-43-99-35-27-83/h1-24,89,92H,25-56,81-84H2,(H,85,93)(H,86,94)(H,87,95)(H,88,96). The largest absolute Gasteiger partial charge is 0.378 e. The molecule has 5 heterocycles. The average molecular weight is 1490 g/mol. The van der Waals surface area contributed by atoms with Crippen molar-refractivity contribution in [1.29, 1.82) is 0 Å². The molecule has 7 aromatic rings. The molecule has 108 heavy (non-hydrogen) atoms. The second-order valence-corrected chi connectivity index (χ2v) is 24.3. The van der Waals surface area contributed by atoms with Gasteiger partial charge in [-0.15, -0.1) is 0 Å². The van der Waals surface area contributed by atoms with E-state index in [4.69, 9.17) is 89.7 Å². The van der Waals surface area contributed by atoms with Crippen molar-refractivity contribution in [2.24, 2.45) is 22.9 Å². The van der Waals surface area contributed by atoms with Gasteiger partial charge in [0, 0.05) is 119 Å². The van der Waals surface area contributed by atoms with E-state index in [1.54, 1.807) is 48.5 Å². The number of rotatable bonds is 52. The first-order valence-electron chi connectivity index (χ1n) is 36.6. The van der Waals surface area contributed by atoms with Gasteiger partial charge in [-0.05, 0) is 119 Å². The molecule has 0 aliphatic carbocycles. The molecule has 2 aliphatic heterocycles. The zero-order valence-corrected chi connectivity index (χ0v) is 61.2. The predicted molar refractivity (Wildman–Crippen MR) is 416 cm³/mol. The molecule has 2 aliphatic rings. The van der Waals surface area contributed by atoms with Gasteiger partial charge in [0.1, 0.15) is 0 Å². The number of aromatic amines is 2. The average Bonchev–Trinajstić information content (AvgIpc) is 1.14. The highest BCUT2D eigenvalue weighted by atomic mass is 16.6. The fourth-order valence-electron chi connectivity index (χ4n) is 11.4. The summed E-state index contributed by atoms with van der Waals surface area (Å²) in [5.74, 6) is -1.08. The van der Waals surface area contributed by atoms with Crippen molar-refractivity contribution in [3.8, 4) is 44.5 Å². The van der Waals surface area contributed by atoms with Crippen LogP contribution in [0.1, 0.15) is 64.2 Å². The van der Waals surface area contributed by atoms with Crippen molar-refractivity contribution in [1.82, 2.24) is 41.2 Å². The summed E-state index contributed by atoms with van der Waals surface area (Å²) < 4.78 is 66.5.